The minimum Gasteiger partial charge on any atom is -0.456 e. The van der Waals surface area contributed by atoms with Gasteiger partial charge in [-0.05, 0) is 0 Å². The molecule has 0 aliphatic rings. The quantitative estimate of drug-likeness (QED) is 0.381. The maximum atomic E-state index is 10.4. The van der Waals surface area contributed by atoms with Crippen LogP contribution in [0.3, 0.4) is 0 Å². The number of amides is 1. The Hall–Kier alpha value is -1.10. The van der Waals surface area contributed by atoms with E-state index in [0.29, 0.717) is 0 Å². The van der Waals surface area contributed by atoms with Crippen LogP contribution >= 0.6 is 0 Å². The number of nitrogens with one attached hydrogen (secondary N) is 1. The van der Waals surface area contributed by atoms with Crippen molar-refractivity contribution in [3.63, 3.8) is 0 Å². The van der Waals surface area contributed by atoms with E-state index in [2.05, 4.69) is 4.74 Å². The van der Waals surface area contributed by atoms with E-state index in [1.807, 2.05) is 5.32 Å². The Morgan fingerprint density at radius 3 is 2.60 bits per heavy atom. The minimum atomic E-state index is -0.520. The lowest BCUT2D eigenvalue weighted by Gasteiger charge is -2.00. The first kappa shape index (κ1) is 8.90. The Labute approximate surface area is 58.0 Å². The molecule has 0 radical (unpaired) electrons. The van der Waals surface area contributed by atoms with Gasteiger partial charge in [-0.25, -0.2) is 0 Å². The smallest absolute Gasteiger partial charge is 0.303 e. The molecule has 0 heterocycles. The summed E-state index contributed by atoms with van der Waals surface area (Å²) in [5.74, 6) is -1.04. The Balaban J connectivity index is 3.30. The maximum Gasteiger partial charge on any atom is 0.303 e. The number of carbonyl (C=O) groups is 2. The number of hydrogen-bond acceptors (Lipinski definition) is 4. The number of esters is 1. The van der Waals surface area contributed by atoms with Crippen LogP contribution in [0, 0.1) is 0 Å². The molecule has 0 spiro atoms. The molecule has 5 nitrogen and oxygen atoms in total. The van der Waals surface area contributed by atoms with Gasteiger partial charge >= 0.3 is 5.97 Å². The fourth-order valence-electron chi connectivity index (χ4n) is 0.306. The molecule has 0 aliphatic heterocycles. The summed E-state index contributed by atoms with van der Waals surface area (Å²) >= 11 is 0. The monoisotopic (exact) mass is 147 g/mol. The lowest BCUT2D eigenvalue weighted by atomic mass is 10.6. The number of aliphatic hydroxyl groups excluding tert-OH is 1. The highest BCUT2D eigenvalue weighted by atomic mass is 16.5. The van der Waals surface area contributed by atoms with Gasteiger partial charge in [-0.2, -0.15) is 0 Å². The van der Waals surface area contributed by atoms with E-state index in [1.165, 1.54) is 6.92 Å². The average Bonchev–Trinajstić information content (AvgIpc) is 1.85. The highest BCUT2D eigenvalue weighted by molar-refractivity contribution is 5.79. The Kier molecular flexibility index (Phi) is 4.23. The molecule has 0 aromatic rings. The van der Waals surface area contributed by atoms with Crippen LogP contribution in [0.15, 0.2) is 0 Å². The summed E-state index contributed by atoms with van der Waals surface area (Å²) in [4.78, 5) is 20.5. The third kappa shape index (κ3) is 5.04. The van der Waals surface area contributed by atoms with Crippen molar-refractivity contribution in [3.8, 4) is 0 Å². The van der Waals surface area contributed by atoms with Gasteiger partial charge in [-0.3, -0.25) is 9.59 Å². The third-order valence-corrected chi connectivity index (χ3v) is 0.683. The van der Waals surface area contributed by atoms with E-state index in [-0.39, 0.29) is 6.61 Å². The van der Waals surface area contributed by atoms with Crippen LogP contribution in [0.1, 0.15) is 6.92 Å². The van der Waals surface area contributed by atoms with Crippen LogP contribution in [-0.4, -0.2) is 30.3 Å². The van der Waals surface area contributed by atoms with E-state index in [0.717, 1.165) is 0 Å². The van der Waals surface area contributed by atoms with Gasteiger partial charge in [0.25, 0.3) is 5.91 Å². The molecule has 0 aliphatic carbocycles. The Morgan fingerprint density at radius 2 is 2.20 bits per heavy atom. The zero-order valence-electron chi connectivity index (χ0n) is 5.59. The van der Waals surface area contributed by atoms with Crippen molar-refractivity contribution >= 4 is 11.9 Å². The molecule has 1 amide bonds. The summed E-state index contributed by atoms with van der Waals surface area (Å²) in [5, 5.41) is 10.2. The molecule has 0 bridgehead atoms. The van der Waals surface area contributed by atoms with Gasteiger partial charge in [0, 0.05) is 6.92 Å². The molecule has 0 unspecified atom stereocenters. The fourth-order valence-corrected chi connectivity index (χ4v) is 0.306. The van der Waals surface area contributed by atoms with E-state index in [9.17, 15) is 9.59 Å². The average molecular weight is 147 g/mol. The van der Waals surface area contributed by atoms with Crippen molar-refractivity contribution in [3.05, 3.63) is 0 Å². The van der Waals surface area contributed by atoms with Crippen LogP contribution in [-0.2, 0) is 14.3 Å². The Morgan fingerprint density at radius 1 is 1.60 bits per heavy atom. The van der Waals surface area contributed by atoms with Gasteiger partial charge < -0.3 is 15.2 Å². The summed E-state index contributed by atoms with van der Waals surface area (Å²) in [7, 11) is 0. The van der Waals surface area contributed by atoms with Crippen molar-refractivity contribution < 1.29 is 19.4 Å². The highest BCUT2D eigenvalue weighted by Gasteiger charge is 2.00. The van der Waals surface area contributed by atoms with Crippen LogP contribution in [0.25, 0.3) is 0 Å². The molecule has 0 fully saturated rings. The lowest BCUT2D eigenvalue weighted by molar-refractivity contribution is -0.146. The van der Waals surface area contributed by atoms with E-state index in [1.54, 1.807) is 0 Å². The summed E-state index contributed by atoms with van der Waals surface area (Å²) < 4.78 is 4.29. The molecule has 10 heavy (non-hydrogen) atoms. The molecule has 0 atom stereocenters. The number of ether oxygens (including phenoxy) is 1. The SMILES string of the molecule is CC(=O)OCC(=O)NCO. The van der Waals surface area contributed by atoms with Crippen molar-refractivity contribution in [1.29, 1.82) is 0 Å². The summed E-state index contributed by atoms with van der Waals surface area (Å²) in [6, 6.07) is 0. The predicted octanol–water partition coefficient (Wildman–Crippen LogP) is -1.38. The van der Waals surface area contributed by atoms with Gasteiger partial charge in [0.1, 0.15) is 6.73 Å². The lowest BCUT2D eigenvalue weighted by Crippen LogP contribution is -2.28. The first-order valence-electron chi connectivity index (χ1n) is 2.67. The van der Waals surface area contributed by atoms with E-state index in [4.69, 9.17) is 5.11 Å². The second-order valence-corrected chi connectivity index (χ2v) is 1.54. The molecule has 0 saturated carbocycles. The van der Waals surface area contributed by atoms with Crippen LogP contribution in [0.5, 0.6) is 0 Å². The zero-order valence-corrected chi connectivity index (χ0v) is 5.59. The molecule has 5 heteroatoms. The first-order valence-corrected chi connectivity index (χ1v) is 2.67. The van der Waals surface area contributed by atoms with Crippen LogP contribution in [0.4, 0.5) is 0 Å². The van der Waals surface area contributed by atoms with E-state index < -0.39 is 18.6 Å². The molecular weight excluding hydrogens is 138 g/mol. The van der Waals surface area contributed by atoms with Gasteiger partial charge in [-0.15, -0.1) is 0 Å². The summed E-state index contributed by atoms with van der Waals surface area (Å²) in [6.07, 6.45) is 0. The largest absolute Gasteiger partial charge is 0.456 e. The van der Waals surface area contributed by atoms with Gasteiger partial charge in [0.05, 0.1) is 0 Å². The molecule has 0 aromatic carbocycles. The van der Waals surface area contributed by atoms with Gasteiger partial charge in [-0.1, -0.05) is 0 Å². The van der Waals surface area contributed by atoms with Crippen LogP contribution < -0.4 is 5.32 Å². The standard InChI is InChI=1S/C5H9NO4/c1-4(8)10-2-5(9)6-3-7/h7H,2-3H2,1H3,(H,6,9). The molecule has 0 rings (SSSR count). The third-order valence-electron chi connectivity index (χ3n) is 0.683. The highest BCUT2D eigenvalue weighted by Crippen LogP contribution is 1.74. The minimum absolute atomic E-state index is 0.337. The van der Waals surface area contributed by atoms with Crippen molar-refractivity contribution in [2.24, 2.45) is 0 Å². The van der Waals surface area contributed by atoms with E-state index >= 15 is 0 Å². The fraction of sp³-hybridized carbons (Fsp3) is 0.600. The number of carbonyl (C=O) groups excluding carboxylic acids is 2. The molecular formula is C5H9NO4. The molecule has 0 saturated heterocycles. The molecule has 0 aromatic heterocycles. The predicted molar refractivity (Wildman–Crippen MR) is 31.9 cm³/mol. The zero-order chi connectivity index (χ0) is 7.98. The van der Waals surface area contributed by atoms with Crippen molar-refractivity contribution in [2.45, 2.75) is 6.92 Å². The number of hydrogen-bond donors (Lipinski definition) is 2. The van der Waals surface area contributed by atoms with Gasteiger partial charge in [0.15, 0.2) is 6.61 Å². The molecule has 58 valence electrons. The number of rotatable bonds is 3. The normalized spacial score (nSPS) is 8.60. The Bertz CT molecular complexity index is 134. The number of aliphatic hydroxyl groups is 1. The second-order valence-electron chi connectivity index (χ2n) is 1.54. The first-order chi connectivity index (χ1) is 4.66. The molecule has 2 N–H and O–H groups in total. The van der Waals surface area contributed by atoms with Crippen molar-refractivity contribution in [1.82, 2.24) is 5.32 Å². The summed E-state index contributed by atoms with van der Waals surface area (Å²) in [5.41, 5.74) is 0. The second kappa shape index (κ2) is 4.75. The van der Waals surface area contributed by atoms with Crippen molar-refractivity contribution in [2.75, 3.05) is 13.3 Å². The van der Waals surface area contributed by atoms with Gasteiger partial charge in [0.2, 0.25) is 0 Å². The topological polar surface area (TPSA) is 75.6 Å². The van der Waals surface area contributed by atoms with Crippen LogP contribution in [0.2, 0.25) is 0 Å². The maximum absolute atomic E-state index is 10.4. The summed E-state index contributed by atoms with van der Waals surface area (Å²) in [6.45, 7) is 0.419.